The van der Waals surface area contributed by atoms with Crippen molar-refractivity contribution >= 4 is 33.2 Å². The van der Waals surface area contributed by atoms with Gasteiger partial charge in [-0.3, -0.25) is 14.3 Å². The van der Waals surface area contributed by atoms with E-state index in [1.165, 1.54) is 6.20 Å². The van der Waals surface area contributed by atoms with Gasteiger partial charge in [-0.25, -0.2) is 9.78 Å². The van der Waals surface area contributed by atoms with Crippen molar-refractivity contribution in [3.05, 3.63) is 68.0 Å². The maximum Gasteiger partial charge on any atom is 0.416 e. The lowest BCUT2D eigenvalue weighted by Gasteiger charge is -2.15. The number of H-pyrrole nitrogens is 1. The molecule has 0 saturated carbocycles. The quantitative estimate of drug-likeness (QED) is 0.321. The van der Waals surface area contributed by atoms with Crippen LogP contribution in [0, 0.1) is 6.92 Å². The van der Waals surface area contributed by atoms with Crippen LogP contribution in [0.2, 0.25) is 5.02 Å². The molecule has 37 heavy (non-hydrogen) atoms. The van der Waals surface area contributed by atoms with Gasteiger partial charge in [0.2, 0.25) is 5.88 Å². The van der Waals surface area contributed by atoms with Gasteiger partial charge in [-0.1, -0.05) is 11.6 Å². The molecule has 0 spiro atoms. The molecular formula is C24H21ClF3N3O5S. The normalized spacial score (nSPS) is 12.8. The summed E-state index contributed by atoms with van der Waals surface area (Å²) in [5, 5.41) is 9.69. The number of pyridine rings is 1. The first kappa shape index (κ1) is 26.7. The molecule has 0 aliphatic heterocycles. The maximum atomic E-state index is 12.9. The number of hydrogen-bond acceptors (Lipinski definition) is 7. The van der Waals surface area contributed by atoms with Crippen LogP contribution in [0.5, 0.6) is 17.4 Å². The Morgan fingerprint density at radius 2 is 1.84 bits per heavy atom. The van der Waals surface area contributed by atoms with Crippen molar-refractivity contribution < 1.29 is 27.8 Å². The summed E-state index contributed by atoms with van der Waals surface area (Å²) in [6, 6.07) is 8.41. The van der Waals surface area contributed by atoms with Crippen LogP contribution in [0.25, 0.3) is 20.7 Å². The number of rotatable bonds is 7. The largest absolute Gasteiger partial charge is 0.491 e. The highest BCUT2D eigenvalue weighted by Gasteiger charge is 2.39. The zero-order chi connectivity index (χ0) is 27.1. The van der Waals surface area contributed by atoms with Crippen LogP contribution in [0.3, 0.4) is 0 Å². The number of aliphatic hydroxyl groups is 1. The molecule has 0 bridgehead atoms. The number of alkyl halides is 3. The van der Waals surface area contributed by atoms with E-state index in [1.807, 2.05) is 18.8 Å². The van der Waals surface area contributed by atoms with Gasteiger partial charge in [0, 0.05) is 16.6 Å². The Bertz CT molecular complexity index is 1560. The third-order valence-corrected chi connectivity index (χ3v) is 6.91. The number of benzene rings is 1. The Morgan fingerprint density at radius 3 is 2.43 bits per heavy atom. The zero-order valence-electron chi connectivity index (χ0n) is 19.7. The fourth-order valence-corrected chi connectivity index (χ4v) is 5.09. The number of fused-ring (bicyclic) bond motifs is 1. The number of nitrogens with one attached hydrogen (secondary N) is 1. The van der Waals surface area contributed by atoms with Gasteiger partial charge in [-0.2, -0.15) is 13.2 Å². The van der Waals surface area contributed by atoms with E-state index in [9.17, 15) is 27.9 Å². The van der Waals surface area contributed by atoms with Crippen molar-refractivity contribution in [3.8, 4) is 27.8 Å². The minimum atomic E-state index is -4.94. The molecule has 0 amide bonds. The number of aryl methyl sites for hydroxylation is 1. The number of nitrogens with zero attached hydrogens (tertiary/aromatic N) is 2. The van der Waals surface area contributed by atoms with E-state index in [2.05, 4.69) is 4.98 Å². The highest BCUT2D eigenvalue weighted by atomic mass is 35.5. The molecule has 0 aliphatic carbocycles. The molecule has 4 rings (SSSR count). The number of aliphatic hydroxyl groups excluding tert-OH is 1. The Balaban J connectivity index is 1.68. The highest BCUT2D eigenvalue weighted by Crippen LogP contribution is 2.39. The number of aromatic amines is 1. The lowest BCUT2D eigenvalue weighted by molar-refractivity contribution is -0.207. The van der Waals surface area contributed by atoms with Gasteiger partial charge in [0.1, 0.15) is 21.4 Å². The second kappa shape index (κ2) is 10.2. The SMILES string of the molecule is Cc1c(-c2cnc(Oc3ccc(OC(C)C)cc3)c(Cl)c2)sc2c1c(=O)[nH]c(=O)n2C[C@@H](O)C(F)(F)F. The molecule has 0 unspecified atom stereocenters. The summed E-state index contributed by atoms with van der Waals surface area (Å²) >= 11 is 7.32. The zero-order valence-corrected chi connectivity index (χ0v) is 21.3. The maximum absolute atomic E-state index is 12.9. The molecule has 0 saturated heterocycles. The topological polar surface area (TPSA) is 106 Å². The molecule has 1 aromatic carbocycles. The van der Waals surface area contributed by atoms with E-state index in [0.29, 0.717) is 32.1 Å². The minimum Gasteiger partial charge on any atom is -0.491 e. The number of thiophene rings is 1. The second-order valence-corrected chi connectivity index (χ2v) is 9.82. The molecule has 8 nitrogen and oxygen atoms in total. The average Bonchev–Trinajstić information content (AvgIpc) is 3.15. The monoisotopic (exact) mass is 555 g/mol. The van der Waals surface area contributed by atoms with Crippen molar-refractivity contribution in [1.29, 1.82) is 0 Å². The summed E-state index contributed by atoms with van der Waals surface area (Å²) in [4.78, 5) is 31.5. The van der Waals surface area contributed by atoms with Gasteiger partial charge in [0.05, 0.1) is 18.0 Å². The van der Waals surface area contributed by atoms with Gasteiger partial charge in [-0.15, -0.1) is 11.3 Å². The summed E-state index contributed by atoms with van der Waals surface area (Å²) < 4.78 is 50.8. The van der Waals surface area contributed by atoms with Gasteiger partial charge in [-0.05, 0) is 56.7 Å². The summed E-state index contributed by atoms with van der Waals surface area (Å²) in [5.41, 5.74) is -0.921. The van der Waals surface area contributed by atoms with Crippen LogP contribution in [0.1, 0.15) is 19.4 Å². The van der Waals surface area contributed by atoms with Gasteiger partial charge < -0.3 is 14.6 Å². The third-order valence-electron chi connectivity index (χ3n) is 5.28. The summed E-state index contributed by atoms with van der Waals surface area (Å²) in [6.45, 7) is 4.35. The number of halogens is 4. The van der Waals surface area contributed by atoms with Crippen molar-refractivity contribution in [2.24, 2.45) is 0 Å². The van der Waals surface area contributed by atoms with E-state index >= 15 is 0 Å². The molecule has 0 aliphatic rings. The predicted molar refractivity (Wildman–Crippen MR) is 134 cm³/mol. The Hall–Kier alpha value is -3.35. The van der Waals surface area contributed by atoms with E-state index < -0.39 is 30.1 Å². The first-order valence-corrected chi connectivity index (χ1v) is 12.2. The second-order valence-electron chi connectivity index (χ2n) is 8.41. The van der Waals surface area contributed by atoms with E-state index in [-0.39, 0.29) is 27.2 Å². The fourth-order valence-electron chi connectivity index (χ4n) is 3.59. The van der Waals surface area contributed by atoms with Gasteiger partial charge in [0.15, 0.2) is 6.10 Å². The van der Waals surface area contributed by atoms with Crippen molar-refractivity contribution in [2.75, 3.05) is 0 Å². The van der Waals surface area contributed by atoms with Gasteiger partial charge in [0.25, 0.3) is 5.56 Å². The fraction of sp³-hybridized carbons (Fsp3) is 0.292. The number of aromatic nitrogens is 3. The Labute approximate surface area is 216 Å². The standard InChI is InChI=1S/C24H21ClF3N3O5S/c1-11(2)35-14-4-6-15(7-5-14)36-21-16(25)8-13(9-29-21)19-12(3)18-20(33)30-23(34)31(22(18)37-19)10-17(32)24(26,27)28/h4-9,11,17,32H,10H2,1-3H3,(H,30,33,34)/t17-/m1/s1. The highest BCUT2D eigenvalue weighted by molar-refractivity contribution is 7.22. The van der Waals surface area contributed by atoms with Crippen molar-refractivity contribution in [2.45, 2.75) is 45.7 Å². The summed E-state index contributed by atoms with van der Waals surface area (Å²) in [7, 11) is 0. The van der Waals surface area contributed by atoms with E-state index in [0.717, 1.165) is 11.3 Å². The van der Waals surface area contributed by atoms with E-state index in [4.69, 9.17) is 21.1 Å². The first-order valence-electron chi connectivity index (χ1n) is 11.0. The molecule has 0 fully saturated rings. The van der Waals surface area contributed by atoms with Crippen molar-refractivity contribution in [3.63, 3.8) is 0 Å². The van der Waals surface area contributed by atoms with Gasteiger partial charge >= 0.3 is 11.9 Å². The average molecular weight is 556 g/mol. The smallest absolute Gasteiger partial charge is 0.416 e. The van der Waals surface area contributed by atoms with Crippen LogP contribution in [-0.4, -0.2) is 38.0 Å². The molecule has 4 aromatic rings. The van der Waals surface area contributed by atoms with Crippen LogP contribution < -0.4 is 20.7 Å². The molecule has 1 atom stereocenters. The lowest BCUT2D eigenvalue weighted by Crippen LogP contribution is -2.38. The minimum absolute atomic E-state index is 0.00953. The summed E-state index contributed by atoms with van der Waals surface area (Å²) in [6.07, 6.45) is -6.26. The van der Waals surface area contributed by atoms with Crippen LogP contribution in [-0.2, 0) is 6.54 Å². The third kappa shape index (κ3) is 5.65. The van der Waals surface area contributed by atoms with Crippen LogP contribution in [0.15, 0.2) is 46.1 Å². The summed E-state index contributed by atoms with van der Waals surface area (Å²) in [5.74, 6) is 1.26. The first-order chi connectivity index (χ1) is 17.3. The molecule has 13 heteroatoms. The van der Waals surface area contributed by atoms with Crippen molar-refractivity contribution in [1.82, 2.24) is 14.5 Å². The Morgan fingerprint density at radius 1 is 1.19 bits per heavy atom. The molecule has 196 valence electrons. The molecular weight excluding hydrogens is 535 g/mol. The van der Waals surface area contributed by atoms with Crippen LogP contribution in [0.4, 0.5) is 13.2 Å². The molecule has 3 aromatic heterocycles. The molecule has 2 N–H and O–H groups in total. The van der Waals surface area contributed by atoms with Crippen LogP contribution >= 0.6 is 22.9 Å². The molecule has 0 radical (unpaired) electrons. The Kier molecular flexibility index (Phi) is 7.36. The number of ether oxygens (including phenoxy) is 2. The van der Waals surface area contributed by atoms with E-state index in [1.54, 1.807) is 37.3 Å². The predicted octanol–water partition coefficient (Wildman–Crippen LogP) is 5.28. The molecule has 3 heterocycles. The lowest BCUT2D eigenvalue weighted by atomic mass is 10.1. The number of hydrogen-bond donors (Lipinski definition) is 2.